The molecule has 2 aromatic heterocycles. The van der Waals surface area contributed by atoms with Crippen molar-refractivity contribution in [2.24, 2.45) is 17.8 Å². The molecule has 0 aliphatic heterocycles. The van der Waals surface area contributed by atoms with Gasteiger partial charge in [-0.25, -0.2) is 9.97 Å². The van der Waals surface area contributed by atoms with E-state index in [-0.39, 0.29) is 17.2 Å². The first kappa shape index (κ1) is 21.0. The van der Waals surface area contributed by atoms with E-state index in [0.717, 1.165) is 67.2 Å². The number of carbonyl (C=O) groups excluding carboxylic acids is 1. The summed E-state index contributed by atoms with van der Waals surface area (Å²) in [7, 11) is 0. The minimum atomic E-state index is -0.105. The van der Waals surface area contributed by atoms with Gasteiger partial charge in [-0.2, -0.15) is 0 Å². The van der Waals surface area contributed by atoms with E-state index in [1.165, 1.54) is 0 Å². The molecular formula is C24H34N4O2. The van der Waals surface area contributed by atoms with E-state index >= 15 is 0 Å². The van der Waals surface area contributed by atoms with Crippen LogP contribution in [0.5, 0.6) is 0 Å². The fourth-order valence-corrected chi connectivity index (χ4v) is 4.45. The van der Waals surface area contributed by atoms with Crippen LogP contribution in [0.4, 0.5) is 0 Å². The summed E-state index contributed by atoms with van der Waals surface area (Å²) in [6.07, 6.45) is 7.31. The van der Waals surface area contributed by atoms with Gasteiger partial charge >= 0.3 is 0 Å². The van der Waals surface area contributed by atoms with E-state index < -0.39 is 0 Å². The molecular weight excluding hydrogens is 376 g/mol. The summed E-state index contributed by atoms with van der Waals surface area (Å²) in [5.74, 6) is 3.61. The Morgan fingerprint density at radius 2 is 1.93 bits per heavy atom. The number of aryl methyl sites for hydroxylation is 1. The maximum atomic E-state index is 12.1. The van der Waals surface area contributed by atoms with E-state index in [0.29, 0.717) is 17.8 Å². The van der Waals surface area contributed by atoms with E-state index in [2.05, 4.69) is 43.2 Å². The van der Waals surface area contributed by atoms with Gasteiger partial charge in [0, 0.05) is 36.1 Å². The van der Waals surface area contributed by atoms with Crippen molar-refractivity contribution >= 4 is 5.91 Å². The highest BCUT2D eigenvalue weighted by Crippen LogP contribution is 2.40. The van der Waals surface area contributed by atoms with Crippen LogP contribution in [0.25, 0.3) is 11.3 Å². The van der Waals surface area contributed by atoms with Crippen molar-refractivity contribution in [3.8, 4) is 11.3 Å². The lowest BCUT2D eigenvalue weighted by Gasteiger charge is -2.30. The molecule has 6 heteroatoms. The number of nitrogens with zero attached hydrogens (tertiary/aromatic N) is 3. The van der Waals surface area contributed by atoms with Gasteiger partial charge in [-0.3, -0.25) is 4.79 Å². The zero-order chi connectivity index (χ0) is 21.5. The van der Waals surface area contributed by atoms with Crippen LogP contribution in [0.15, 0.2) is 16.8 Å². The molecule has 0 saturated heterocycles. The van der Waals surface area contributed by atoms with Gasteiger partial charge in [0.1, 0.15) is 5.82 Å². The van der Waals surface area contributed by atoms with Crippen LogP contribution in [0, 0.1) is 24.7 Å². The predicted molar refractivity (Wildman–Crippen MR) is 116 cm³/mol. The molecule has 2 aliphatic carbocycles. The normalized spacial score (nSPS) is 26.4. The third-order valence-corrected chi connectivity index (χ3v) is 6.63. The van der Waals surface area contributed by atoms with Crippen molar-refractivity contribution in [2.45, 2.75) is 78.1 Å². The fourth-order valence-electron chi connectivity index (χ4n) is 4.45. The van der Waals surface area contributed by atoms with Crippen molar-refractivity contribution in [2.75, 3.05) is 6.54 Å². The van der Waals surface area contributed by atoms with Crippen molar-refractivity contribution in [3.63, 3.8) is 0 Å². The molecule has 6 nitrogen and oxygen atoms in total. The number of hydrogen-bond acceptors (Lipinski definition) is 5. The molecule has 0 spiro atoms. The van der Waals surface area contributed by atoms with Crippen LogP contribution in [-0.4, -0.2) is 27.6 Å². The van der Waals surface area contributed by atoms with Gasteiger partial charge in [0.25, 0.3) is 0 Å². The lowest BCUT2D eigenvalue weighted by atomic mass is 9.79. The van der Waals surface area contributed by atoms with Gasteiger partial charge in [-0.1, -0.05) is 32.9 Å². The SMILES string of the molecule is Cc1cc(-c2cnc(C(C)(C)C)nc2C2CCC(CNC(=O)[C@@H]3C[C@@H]3C)CC2)on1. The van der Waals surface area contributed by atoms with E-state index in [4.69, 9.17) is 9.51 Å². The molecule has 2 atom stereocenters. The summed E-state index contributed by atoms with van der Waals surface area (Å²) < 4.78 is 5.55. The van der Waals surface area contributed by atoms with Crippen molar-refractivity contribution < 1.29 is 9.32 Å². The molecule has 2 fully saturated rings. The van der Waals surface area contributed by atoms with Gasteiger partial charge in [-0.15, -0.1) is 0 Å². The molecule has 2 heterocycles. The Hall–Kier alpha value is -2.24. The van der Waals surface area contributed by atoms with Gasteiger partial charge in [0.05, 0.1) is 17.0 Å². The molecule has 0 bridgehead atoms. The number of nitrogens with one attached hydrogen (secondary N) is 1. The first-order chi connectivity index (χ1) is 14.2. The second-order valence-electron chi connectivity index (χ2n) is 10.4. The molecule has 2 aliphatic rings. The number of amides is 1. The minimum absolute atomic E-state index is 0.105. The topological polar surface area (TPSA) is 80.9 Å². The Balaban J connectivity index is 1.47. The fraction of sp³-hybridized carbons (Fsp3) is 0.667. The minimum Gasteiger partial charge on any atom is -0.356 e. The number of carbonyl (C=O) groups is 1. The summed E-state index contributed by atoms with van der Waals surface area (Å²) in [5, 5.41) is 7.24. The van der Waals surface area contributed by atoms with Gasteiger partial charge in [-0.05, 0) is 50.9 Å². The lowest BCUT2D eigenvalue weighted by Crippen LogP contribution is -2.32. The molecule has 2 aromatic rings. The highest BCUT2D eigenvalue weighted by atomic mass is 16.5. The smallest absolute Gasteiger partial charge is 0.223 e. The molecule has 2 saturated carbocycles. The van der Waals surface area contributed by atoms with Crippen molar-refractivity contribution in [1.29, 1.82) is 0 Å². The molecule has 0 unspecified atom stereocenters. The Kier molecular flexibility index (Phi) is 5.69. The quantitative estimate of drug-likeness (QED) is 0.767. The van der Waals surface area contributed by atoms with Gasteiger partial charge in [0.2, 0.25) is 5.91 Å². The van der Waals surface area contributed by atoms with Crippen LogP contribution >= 0.6 is 0 Å². The molecule has 0 aromatic carbocycles. The third kappa shape index (κ3) is 4.57. The average molecular weight is 411 g/mol. The summed E-state index contributed by atoms with van der Waals surface area (Å²) in [4.78, 5) is 21.8. The van der Waals surface area contributed by atoms with Crippen LogP contribution in [0.3, 0.4) is 0 Å². The summed E-state index contributed by atoms with van der Waals surface area (Å²) >= 11 is 0. The zero-order valence-corrected chi connectivity index (χ0v) is 18.9. The molecule has 162 valence electrons. The second-order valence-corrected chi connectivity index (χ2v) is 10.4. The Bertz CT molecular complexity index is 906. The summed E-state index contributed by atoms with van der Waals surface area (Å²) in [6, 6.07) is 1.96. The van der Waals surface area contributed by atoms with Crippen molar-refractivity contribution in [3.05, 3.63) is 29.5 Å². The largest absolute Gasteiger partial charge is 0.356 e. The molecule has 4 rings (SSSR count). The molecule has 0 radical (unpaired) electrons. The number of rotatable bonds is 5. The summed E-state index contributed by atoms with van der Waals surface area (Å²) in [6.45, 7) is 11.3. The first-order valence-electron chi connectivity index (χ1n) is 11.3. The van der Waals surface area contributed by atoms with Crippen LogP contribution in [0.2, 0.25) is 0 Å². The molecule has 1 N–H and O–H groups in total. The van der Waals surface area contributed by atoms with E-state index in [1.807, 2.05) is 19.2 Å². The van der Waals surface area contributed by atoms with E-state index in [9.17, 15) is 4.79 Å². The van der Waals surface area contributed by atoms with E-state index in [1.54, 1.807) is 0 Å². The highest BCUT2D eigenvalue weighted by molar-refractivity contribution is 5.81. The Morgan fingerprint density at radius 3 is 2.50 bits per heavy atom. The lowest BCUT2D eigenvalue weighted by molar-refractivity contribution is -0.122. The highest BCUT2D eigenvalue weighted by Gasteiger charge is 2.39. The van der Waals surface area contributed by atoms with Crippen LogP contribution in [-0.2, 0) is 10.2 Å². The Morgan fingerprint density at radius 1 is 1.23 bits per heavy atom. The van der Waals surface area contributed by atoms with Crippen LogP contribution in [0.1, 0.15) is 82.9 Å². The summed E-state index contributed by atoms with van der Waals surface area (Å²) in [5.41, 5.74) is 2.80. The first-order valence-corrected chi connectivity index (χ1v) is 11.3. The standard InChI is InChI=1S/C24H34N4O2/c1-14-10-18(14)22(29)25-12-16-6-8-17(9-7-16)21-19(20-11-15(2)28-30-20)13-26-23(27-21)24(3,4)5/h11,13-14,16-18H,6-10,12H2,1-5H3,(H,25,29)/t14-,16?,17?,18+/m0/s1. The zero-order valence-electron chi connectivity index (χ0n) is 18.9. The second kappa shape index (κ2) is 8.12. The monoisotopic (exact) mass is 410 g/mol. The molecule has 1 amide bonds. The van der Waals surface area contributed by atoms with Gasteiger partial charge < -0.3 is 9.84 Å². The number of hydrogen-bond donors (Lipinski definition) is 1. The average Bonchev–Trinajstić information content (AvgIpc) is 3.29. The predicted octanol–water partition coefficient (Wildman–Crippen LogP) is 4.78. The van der Waals surface area contributed by atoms with Crippen LogP contribution < -0.4 is 5.32 Å². The van der Waals surface area contributed by atoms with Crippen molar-refractivity contribution in [1.82, 2.24) is 20.4 Å². The Labute approximate surface area is 179 Å². The third-order valence-electron chi connectivity index (χ3n) is 6.63. The maximum absolute atomic E-state index is 12.1. The maximum Gasteiger partial charge on any atom is 0.223 e. The van der Waals surface area contributed by atoms with Gasteiger partial charge in [0.15, 0.2) is 5.76 Å². The number of aromatic nitrogens is 3. The molecule has 30 heavy (non-hydrogen) atoms.